The summed E-state index contributed by atoms with van der Waals surface area (Å²) in [5.74, 6) is -0.811. The van der Waals surface area contributed by atoms with Gasteiger partial charge in [0.1, 0.15) is 10.9 Å². The zero-order valence-electron chi connectivity index (χ0n) is 11.8. The topological polar surface area (TPSA) is 63.7 Å². The van der Waals surface area contributed by atoms with Gasteiger partial charge in [-0.15, -0.1) is 0 Å². The number of nitrogens with zero attached hydrogens (tertiary/aromatic N) is 1. The molecule has 0 saturated carbocycles. The third-order valence-electron chi connectivity index (χ3n) is 3.00. The molecule has 124 valence electrons. The highest BCUT2D eigenvalue weighted by molar-refractivity contribution is 7.89. The Morgan fingerprint density at radius 3 is 2.32 bits per heavy atom. The summed E-state index contributed by atoms with van der Waals surface area (Å²) in [7, 11) is -2.06. The van der Waals surface area contributed by atoms with Crippen LogP contribution in [0.1, 0.15) is 12.5 Å². The monoisotopic (exact) mass is 359 g/mol. The zero-order valence-corrected chi connectivity index (χ0v) is 13.4. The molecule has 0 aromatic heterocycles. The first-order chi connectivity index (χ1) is 9.92. The Hall–Kier alpha value is -1.32. The first kappa shape index (κ1) is 18.7. The van der Waals surface area contributed by atoms with Crippen LogP contribution in [0.2, 0.25) is 5.02 Å². The van der Waals surface area contributed by atoms with Crippen LogP contribution in [0.3, 0.4) is 0 Å². The standard InChI is InChI=1S/C12H13ClF3NO4S/c1-7(11(18)21-3)17(2)22(19,20)10-5-4-8(6-9(10)13)12(14,15)16/h4-7H,1-3H3. The lowest BCUT2D eigenvalue weighted by atomic mass is 10.2. The number of alkyl halides is 3. The van der Waals surface area contributed by atoms with E-state index in [1.165, 1.54) is 6.92 Å². The minimum atomic E-state index is -4.64. The molecule has 0 aliphatic heterocycles. The maximum atomic E-state index is 12.6. The van der Waals surface area contributed by atoms with Gasteiger partial charge in [0.15, 0.2) is 0 Å². The molecule has 22 heavy (non-hydrogen) atoms. The molecule has 0 spiro atoms. The molecule has 1 aromatic rings. The Morgan fingerprint density at radius 2 is 1.91 bits per heavy atom. The van der Waals surface area contributed by atoms with Crippen molar-refractivity contribution in [3.05, 3.63) is 28.8 Å². The number of carbonyl (C=O) groups excluding carboxylic acids is 1. The first-order valence-corrected chi connectivity index (χ1v) is 7.67. The van der Waals surface area contributed by atoms with Crippen molar-refractivity contribution in [2.75, 3.05) is 14.2 Å². The van der Waals surface area contributed by atoms with Gasteiger partial charge in [0.2, 0.25) is 10.0 Å². The highest BCUT2D eigenvalue weighted by Gasteiger charge is 2.35. The Kier molecular flexibility index (Phi) is 5.47. The van der Waals surface area contributed by atoms with Crippen molar-refractivity contribution >= 4 is 27.6 Å². The highest BCUT2D eigenvalue weighted by atomic mass is 35.5. The molecule has 0 saturated heterocycles. The maximum Gasteiger partial charge on any atom is 0.416 e. The molecule has 1 aromatic carbocycles. The van der Waals surface area contributed by atoms with Crippen LogP contribution >= 0.6 is 11.6 Å². The number of likely N-dealkylation sites (N-methyl/N-ethyl adjacent to an activating group) is 1. The third-order valence-corrected chi connectivity index (χ3v) is 5.42. The number of ether oxygens (including phenoxy) is 1. The van der Waals surface area contributed by atoms with Gasteiger partial charge in [-0.1, -0.05) is 11.6 Å². The average molecular weight is 360 g/mol. The van der Waals surface area contributed by atoms with Gasteiger partial charge in [-0.2, -0.15) is 17.5 Å². The number of rotatable bonds is 4. The van der Waals surface area contributed by atoms with Gasteiger partial charge in [0.25, 0.3) is 0 Å². The number of halogens is 4. The number of benzene rings is 1. The van der Waals surface area contributed by atoms with Crippen LogP contribution in [0.4, 0.5) is 13.2 Å². The number of hydrogen-bond donors (Lipinski definition) is 0. The fourth-order valence-corrected chi connectivity index (χ4v) is 3.40. The molecular weight excluding hydrogens is 347 g/mol. The Bertz CT molecular complexity index is 675. The van der Waals surface area contributed by atoms with Crippen LogP contribution in [0.15, 0.2) is 23.1 Å². The van der Waals surface area contributed by atoms with Crippen LogP contribution < -0.4 is 0 Å². The second-order valence-electron chi connectivity index (χ2n) is 4.36. The van der Waals surface area contributed by atoms with Crippen molar-refractivity contribution in [3.63, 3.8) is 0 Å². The molecule has 0 radical (unpaired) electrons. The van der Waals surface area contributed by atoms with E-state index in [0.717, 1.165) is 20.2 Å². The number of methoxy groups -OCH3 is 1. The summed E-state index contributed by atoms with van der Waals surface area (Å²) in [6.45, 7) is 1.28. The van der Waals surface area contributed by atoms with Crippen LogP contribution in [-0.2, 0) is 25.7 Å². The first-order valence-electron chi connectivity index (χ1n) is 5.85. The van der Waals surface area contributed by atoms with E-state index >= 15 is 0 Å². The van der Waals surface area contributed by atoms with E-state index in [1.54, 1.807) is 0 Å². The van der Waals surface area contributed by atoms with Gasteiger partial charge in [-0.3, -0.25) is 4.79 Å². The number of esters is 1. The van der Waals surface area contributed by atoms with E-state index < -0.39 is 43.7 Å². The lowest BCUT2D eigenvalue weighted by molar-refractivity contribution is -0.144. The van der Waals surface area contributed by atoms with E-state index in [-0.39, 0.29) is 0 Å². The quantitative estimate of drug-likeness (QED) is 0.775. The summed E-state index contributed by atoms with van der Waals surface area (Å²) >= 11 is 5.66. The maximum absolute atomic E-state index is 12.6. The third kappa shape index (κ3) is 3.71. The molecule has 0 N–H and O–H groups in total. The van der Waals surface area contributed by atoms with Gasteiger partial charge in [0, 0.05) is 7.05 Å². The smallest absolute Gasteiger partial charge is 0.416 e. The SMILES string of the molecule is COC(=O)C(C)N(C)S(=O)(=O)c1ccc(C(F)(F)F)cc1Cl. The van der Waals surface area contributed by atoms with Gasteiger partial charge in [-0.25, -0.2) is 8.42 Å². The van der Waals surface area contributed by atoms with Crippen molar-refractivity contribution in [3.8, 4) is 0 Å². The summed E-state index contributed by atoms with van der Waals surface area (Å²) < 4.78 is 67.4. The van der Waals surface area contributed by atoms with E-state index in [0.29, 0.717) is 16.4 Å². The zero-order chi connectivity index (χ0) is 17.3. The molecule has 1 rings (SSSR count). The van der Waals surface area contributed by atoms with Crippen LogP contribution in [0.5, 0.6) is 0 Å². The fourth-order valence-electron chi connectivity index (χ4n) is 1.57. The summed E-state index contributed by atoms with van der Waals surface area (Å²) in [6, 6.07) is 0.718. The van der Waals surface area contributed by atoms with Crippen LogP contribution in [0, 0.1) is 0 Å². The lowest BCUT2D eigenvalue weighted by Gasteiger charge is -2.23. The number of sulfonamides is 1. The molecule has 0 aliphatic rings. The van der Waals surface area contributed by atoms with Crippen molar-refractivity contribution in [1.29, 1.82) is 0 Å². The van der Waals surface area contributed by atoms with Crippen molar-refractivity contribution < 1.29 is 31.1 Å². The molecule has 0 heterocycles. The Labute approximate surface area is 130 Å². The fraction of sp³-hybridized carbons (Fsp3) is 0.417. The van der Waals surface area contributed by atoms with Gasteiger partial charge in [0.05, 0.1) is 17.7 Å². The minimum absolute atomic E-state index is 0.519. The second kappa shape index (κ2) is 6.43. The summed E-state index contributed by atoms with van der Waals surface area (Å²) in [5, 5.41) is -0.584. The van der Waals surface area contributed by atoms with E-state index in [2.05, 4.69) is 4.74 Å². The van der Waals surface area contributed by atoms with Crippen molar-refractivity contribution in [2.24, 2.45) is 0 Å². The Morgan fingerprint density at radius 1 is 1.36 bits per heavy atom. The average Bonchev–Trinajstić information content (AvgIpc) is 2.43. The minimum Gasteiger partial charge on any atom is -0.468 e. The van der Waals surface area contributed by atoms with Crippen LogP contribution in [-0.4, -0.2) is 38.9 Å². The normalized spacial score (nSPS) is 14.0. The van der Waals surface area contributed by atoms with E-state index in [9.17, 15) is 26.4 Å². The predicted molar refractivity (Wildman–Crippen MR) is 72.9 cm³/mol. The predicted octanol–water partition coefficient (Wildman–Crippen LogP) is 2.54. The van der Waals surface area contributed by atoms with Gasteiger partial charge < -0.3 is 4.74 Å². The molecule has 10 heteroatoms. The molecule has 0 aliphatic carbocycles. The Balaban J connectivity index is 3.27. The second-order valence-corrected chi connectivity index (χ2v) is 6.74. The summed E-state index contributed by atoms with van der Waals surface area (Å²) in [5.41, 5.74) is -1.07. The largest absolute Gasteiger partial charge is 0.468 e. The number of carbonyl (C=O) groups is 1. The van der Waals surface area contributed by atoms with Crippen molar-refractivity contribution in [2.45, 2.75) is 24.0 Å². The summed E-state index contributed by atoms with van der Waals surface area (Å²) in [4.78, 5) is 10.9. The summed E-state index contributed by atoms with van der Waals surface area (Å²) in [6.07, 6.45) is -4.64. The van der Waals surface area contributed by atoms with Gasteiger partial charge in [-0.05, 0) is 25.1 Å². The molecule has 0 bridgehead atoms. The molecule has 0 fully saturated rings. The van der Waals surface area contributed by atoms with E-state index in [1.807, 2.05) is 0 Å². The molecule has 1 unspecified atom stereocenters. The van der Waals surface area contributed by atoms with E-state index in [4.69, 9.17) is 11.6 Å². The van der Waals surface area contributed by atoms with Crippen molar-refractivity contribution in [1.82, 2.24) is 4.31 Å². The molecular formula is C12H13ClF3NO4S. The molecule has 5 nitrogen and oxygen atoms in total. The van der Waals surface area contributed by atoms with Gasteiger partial charge >= 0.3 is 12.1 Å². The number of hydrogen-bond acceptors (Lipinski definition) is 4. The van der Waals surface area contributed by atoms with Crippen LogP contribution in [0.25, 0.3) is 0 Å². The molecule has 0 amide bonds. The lowest BCUT2D eigenvalue weighted by Crippen LogP contribution is -2.41. The molecule has 1 atom stereocenters. The highest BCUT2D eigenvalue weighted by Crippen LogP contribution is 2.34.